The highest BCUT2D eigenvalue weighted by molar-refractivity contribution is 7.80. The van der Waals surface area contributed by atoms with Crippen LogP contribution in [-0.4, -0.2) is 11.3 Å². The average Bonchev–Trinajstić information content (AvgIpc) is 2.44. The lowest BCUT2D eigenvalue weighted by atomic mass is 9.90. The fraction of sp³-hybridized carbons (Fsp3) is 0.429. The van der Waals surface area contributed by atoms with E-state index in [0.717, 1.165) is 0 Å². The number of hydrazone groups is 1. The lowest BCUT2D eigenvalue weighted by Crippen LogP contribution is -2.24. The van der Waals surface area contributed by atoms with Crippen LogP contribution in [-0.2, 0) is 0 Å². The number of halogens is 2. The van der Waals surface area contributed by atoms with Gasteiger partial charge in [0.15, 0.2) is 5.11 Å². The number of nitrogens with one attached hydrogen (secondary N) is 2. The molecule has 6 heteroatoms. The Labute approximate surface area is 128 Å². The average molecular weight is 314 g/mol. The summed E-state index contributed by atoms with van der Waals surface area (Å²) in [4.78, 5) is 0. The molecule has 0 spiro atoms. The summed E-state index contributed by atoms with van der Waals surface area (Å²) < 4.78 is 13.0. The van der Waals surface area contributed by atoms with Gasteiger partial charge in [0.25, 0.3) is 0 Å². The van der Waals surface area contributed by atoms with Gasteiger partial charge in [0.1, 0.15) is 5.82 Å². The van der Waals surface area contributed by atoms with Gasteiger partial charge in [-0.05, 0) is 49.2 Å². The Morgan fingerprint density at radius 1 is 1.35 bits per heavy atom. The summed E-state index contributed by atoms with van der Waals surface area (Å²) in [7, 11) is 0. The molecule has 1 saturated carbocycles. The van der Waals surface area contributed by atoms with E-state index in [1.54, 1.807) is 6.07 Å². The van der Waals surface area contributed by atoms with Crippen molar-refractivity contribution in [2.24, 2.45) is 11.0 Å². The van der Waals surface area contributed by atoms with Gasteiger partial charge >= 0.3 is 0 Å². The van der Waals surface area contributed by atoms with E-state index < -0.39 is 5.82 Å². The van der Waals surface area contributed by atoms with Crippen LogP contribution in [0.25, 0.3) is 0 Å². The normalized spacial score (nSPS) is 16.3. The maximum Gasteiger partial charge on any atom is 0.191 e. The molecule has 0 atom stereocenters. The van der Waals surface area contributed by atoms with Crippen LogP contribution in [0, 0.1) is 11.7 Å². The van der Waals surface area contributed by atoms with E-state index in [1.807, 2.05) is 6.21 Å². The van der Waals surface area contributed by atoms with E-state index in [9.17, 15) is 4.39 Å². The van der Waals surface area contributed by atoms with Crippen LogP contribution in [0.5, 0.6) is 0 Å². The van der Waals surface area contributed by atoms with Crippen LogP contribution in [0.1, 0.15) is 32.1 Å². The Hall–Kier alpha value is -1.20. The summed E-state index contributed by atoms with van der Waals surface area (Å²) >= 11 is 10.8. The van der Waals surface area contributed by atoms with Crippen molar-refractivity contribution in [3.8, 4) is 0 Å². The number of nitrogens with zero attached hydrogens (tertiary/aromatic N) is 1. The van der Waals surface area contributed by atoms with Crippen LogP contribution in [0.15, 0.2) is 23.3 Å². The number of rotatable bonds is 3. The zero-order valence-electron chi connectivity index (χ0n) is 11.0. The third-order valence-electron chi connectivity index (χ3n) is 3.28. The molecule has 0 unspecified atom stereocenters. The first-order valence-corrected chi connectivity index (χ1v) is 7.49. The van der Waals surface area contributed by atoms with Crippen LogP contribution in [0.2, 0.25) is 5.02 Å². The lowest BCUT2D eigenvalue weighted by Gasteiger charge is -2.17. The molecule has 0 saturated heterocycles. The van der Waals surface area contributed by atoms with E-state index in [2.05, 4.69) is 15.8 Å². The van der Waals surface area contributed by atoms with Crippen molar-refractivity contribution >= 4 is 40.8 Å². The third kappa shape index (κ3) is 4.72. The van der Waals surface area contributed by atoms with Gasteiger partial charge in [0.2, 0.25) is 0 Å². The molecular weight excluding hydrogens is 297 g/mol. The Morgan fingerprint density at radius 2 is 2.10 bits per heavy atom. The summed E-state index contributed by atoms with van der Waals surface area (Å²) in [6, 6.07) is 4.34. The van der Waals surface area contributed by atoms with E-state index in [1.165, 1.54) is 44.2 Å². The monoisotopic (exact) mass is 313 g/mol. The molecule has 2 N–H and O–H groups in total. The van der Waals surface area contributed by atoms with Crippen LogP contribution < -0.4 is 10.7 Å². The topological polar surface area (TPSA) is 36.4 Å². The largest absolute Gasteiger partial charge is 0.331 e. The van der Waals surface area contributed by atoms with Gasteiger partial charge in [0, 0.05) is 11.9 Å². The summed E-state index contributed by atoms with van der Waals surface area (Å²) in [5, 5.41) is 7.47. The van der Waals surface area contributed by atoms with E-state index in [4.69, 9.17) is 23.8 Å². The minimum absolute atomic E-state index is 0.0588. The third-order valence-corrected chi connectivity index (χ3v) is 3.76. The molecule has 0 radical (unpaired) electrons. The quantitative estimate of drug-likeness (QED) is 0.495. The van der Waals surface area contributed by atoms with Crippen molar-refractivity contribution in [2.75, 3.05) is 5.32 Å². The summed E-state index contributed by atoms with van der Waals surface area (Å²) in [6.45, 7) is 0. The molecule has 1 aromatic carbocycles. The van der Waals surface area contributed by atoms with Crippen molar-refractivity contribution in [1.82, 2.24) is 5.43 Å². The highest BCUT2D eigenvalue weighted by atomic mass is 35.5. The second-order valence-corrected chi connectivity index (χ2v) is 5.69. The molecule has 3 nitrogen and oxygen atoms in total. The van der Waals surface area contributed by atoms with Gasteiger partial charge in [-0.3, -0.25) is 5.43 Å². The molecule has 1 aliphatic rings. The molecule has 0 amide bonds. The number of benzene rings is 1. The predicted octanol–water partition coefficient (Wildman–Crippen LogP) is 4.33. The van der Waals surface area contributed by atoms with E-state index in [-0.39, 0.29) is 5.02 Å². The van der Waals surface area contributed by atoms with E-state index >= 15 is 0 Å². The Bertz CT molecular complexity index is 501. The number of hydrogen-bond donors (Lipinski definition) is 2. The molecular formula is C14H17ClFN3S. The second-order valence-electron chi connectivity index (χ2n) is 4.87. The van der Waals surface area contributed by atoms with Crippen molar-refractivity contribution < 1.29 is 4.39 Å². The predicted molar refractivity (Wildman–Crippen MR) is 85.8 cm³/mol. The van der Waals surface area contributed by atoms with E-state index in [0.29, 0.717) is 16.7 Å². The Balaban J connectivity index is 1.79. The first kappa shape index (κ1) is 15.2. The molecule has 20 heavy (non-hydrogen) atoms. The lowest BCUT2D eigenvalue weighted by molar-refractivity contribution is 0.444. The summed E-state index contributed by atoms with van der Waals surface area (Å²) in [5.74, 6) is 0.0886. The molecule has 1 aromatic rings. The van der Waals surface area contributed by atoms with Crippen molar-refractivity contribution in [1.29, 1.82) is 0 Å². The highest BCUT2D eigenvalue weighted by Crippen LogP contribution is 2.22. The zero-order valence-corrected chi connectivity index (χ0v) is 12.6. The molecule has 108 valence electrons. The SMILES string of the molecule is Fc1ccc(NC(=S)N/N=C/C2CCCCC2)cc1Cl. The van der Waals surface area contributed by atoms with Gasteiger partial charge in [-0.2, -0.15) is 5.10 Å². The number of anilines is 1. The molecule has 0 bridgehead atoms. The molecule has 2 rings (SSSR count). The number of hydrogen-bond acceptors (Lipinski definition) is 2. The van der Waals surface area contributed by atoms with Gasteiger partial charge in [-0.1, -0.05) is 30.9 Å². The maximum absolute atomic E-state index is 13.0. The zero-order chi connectivity index (χ0) is 14.4. The van der Waals surface area contributed by atoms with Crippen molar-refractivity contribution in [3.63, 3.8) is 0 Å². The fourth-order valence-electron chi connectivity index (χ4n) is 2.22. The van der Waals surface area contributed by atoms with Gasteiger partial charge in [-0.25, -0.2) is 4.39 Å². The van der Waals surface area contributed by atoms with Gasteiger partial charge < -0.3 is 5.32 Å². The Morgan fingerprint density at radius 3 is 2.80 bits per heavy atom. The molecule has 0 aromatic heterocycles. The molecule has 0 heterocycles. The standard InChI is InChI=1S/C14H17ClFN3S/c15-12-8-11(6-7-13(12)16)18-14(20)19-17-9-10-4-2-1-3-5-10/h6-10H,1-5H2,(H2,18,19,20)/b17-9+. The molecule has 1 fully saturated rings. The van der Waals surface area contributed by atoms with Crippen LogP contribution >= 0.6 is 23.8 Å². The molecule has 1 aliphatic carbocycles. The Kier molecular flexibility index (Phi) is 5.73. The number of thiocarbonyl (C=S) groups is 1. The van der Waals surface area contributed by atoms with Crippen LogP contribution in [0.4, 0.5) is 10.1 Å². The first-order valence-electron chi connectivity index (χ1n) is 6.70. The minimum atomic E-state index is -0.452. The fourth-order valence-corrected chi connectivity index (χ4v) is 2.57. The summed E-state index contributed by atoms with van der Waals surface area (Å²) in [5.41, 5.74) is 3.39. The minimum Gasteiger partial charge on any atom is -0.331 e. The van der Waals surface area contributed by atoms with Gasteiger partial charge in [-0.15, -0.1) is 0 Å². The van der Waals surface area contributed by atoms with Crippen molar-refractivity contribution in [3.05, 3.63) is 29.0 Å². The molecule has 0 aliphatic heterocycles. The summed E-state index contributed by atoms with van der Waals surface area (Å²) in [6.07, 6.45) is 8.17. The van der Waals surface area contributed by atoms with Crippen molar-refractivity contribution in [2.45, 2.75) is 32.1 Å². The van der Waals surface area contributed by atoms with Gasteiger partial charge in [0.05, 0.1) is 5.02 Å². The highest BCUT2D eigenvalue weighted by Gasteiger charge is 2.10. The smallest absolute Gasteiger partial charge is 0.191 e. The second kappa shape index (κ2) is 7.55. The first-order chi connectivity index (χ1) is 9.65. The maximum atomic E-state index is 13.0. The van der Waals surface area contributed by atoms with Crippen LogP contribution in [0.3, 0.4) is 0 Å².